The van der Waals surface area contributed by atoms with Gasteiger partial charge in [-0.3, -0.25) is 4.79 Å². The second kappa shape index (κ2) is 4.05. The predicted octanol–water partition coefficient (Wildman–Crippen LogP) is 2.62. The van der Waals surface area contributed by atoms with Crippen molar-refractivity contribution >= 4 is 6.29 Å². The first-order valence-corrected chi connectivity index (χ1v) is 4.38. The molecule has 1 rings (SSSR count). The Morgan fingerprint density at radius 2 is 2.00 bits per heavy atom. The van der Waals surface area contributed by atoms with Crippen LogP contribution < -0.4 is 0 Å². The van der Waals surface area contributed by atoms with Crippen molar-refractivity contribution in [3.8, 4) is 0 Å². The fourth-order valence-corrected chi connectivity index (χ4v) is 1.30. The molecule has 1 heteroatoms. The SMILES string of the molecule is CCc1ccc(C=O)c(CC)c1. The van der Waals surface area contributed by atoms with Crippen LogP contribution in [0.2, 0.25) is 0 Å². The molecule has 0 atom stereocenters. The minimum Gasteiger partial charge on any atom is -0.298 e. The average Bonchev–Trinajstić information content (AvgIpc) is 2.16. The number of carbonyl (C=O) groups is 1. The molecule has 0 fully saturated rings. The van der Waals surface area contributed by atoms with Gasteiger partial charge in [-0.15, -0.1) is 0 Å². The zero-order valence-electron chi connectivity index (χ0n) is 7.63. The summed E-state index contributed by atoms with van der Waals surface area (Å²) in [5, 5.41) is 0. The molecule has 1 aromatic carbocycles. The summed E-state index contributed by atoms with van der Waals surface area (Å²) in [7, 11) is 0. The molecular weight excluding hydrogens is 148 g/mol. The summed E-state index contributed by atoms with van der Waals surface area (Å²) in [5.41, 5.74) is 3.29. The van der Waals surface area contributed by atoms with Crippen LogP contribution in [-0.2, 0) is 12.8 Å². The second-order valence-electron chi connectivity index (χ2n) is 2.86. The summed E-state index contributed by atoms with van der Waals surface area (Å²) in [6.45, 7) is 4.19. The van der Waals surface area contributed by atoms with Crippen LogP contribution >= 0.6 is 0 Å². The van der Waals surface area contributed by atoms with Gasteiger partial charge in [0.2, 0.25) is 0 Å². The normalized spacial score (nSPS) is 9.83. The summed E-state index contributed by atoms with van der Waals surface area (Å²) in [6.07, 6.45) is 2.90. The van der Waals surface area contributed by atoms with E-state index in [0.29, 0.717) is 0 Å². The maximum absolute atomic E-state index is 10.6. The Morgan fingerprint density at radius 3 is 2.50 bits per heavy atom. The Kier molecular flexibility index (Phi) is 3.03. The number of aldehydes is 1. The maximum Gasteiger partial charge on any atom is 0.150 e. The first-order chi connectivity index (χ1) is 5.81. The van der Waals surface area contributed by atoms with E-state index >= 15 is 0 Å². The highest BCUT2D eigenvalue weighted by atomic mass is 16.1. The van der Waals surface area contributed by atoms with Crippen molar-refractivity contribution in [2.75, 3.05) is 0 Å². The van der Waals surface area contributed by atoms with E-state index in [4.69, 9.17) is 0 Å². The zero-order chi connectivity index (χ0) is 8.97. The Hall–Kier alpha value is -1.11. The van der Waals surface area contributed by atoms with Gasteiger partial charge in [0.05, 0.1) is 0 Å². The van der Waals surface area contributed by atoms with Crippen LogP contribution in [0.25, 0.3) is 0 Å². The van der Waals surface area contributed by atoms with Crippen molar-refractivity contribution in [2.24, 2.45) is 0 Å². The van der Waals surface area contributed by atoms with Gasteiger partial charge in [0.15, 0.2) is 0 Å². The summed E-state index contributed by atoms with van der Waals surface area (Å²) in [5.74, 6) is 0. The number of hydrogen-bond donors (Lipinski definition) is 0. The highest BCUT2D eigenvalue weighted by Gasteiger charge is 1.99. The van der Waals surface area contributed by atoms with Gasteiger partial charge in [-0.05, 0) is 24.0 Å². The lowest BCUT2D eigenvalue weighted by molar-refractivity contribution is 0.112. The molecule has 0 aliphatic carbocycles. The molecule has 0 saturated carbocycles. The minimum absolute atomic E-state index is 0.828. The van der Waals surface area contributed by atoms with Crippen molar-refractivity contribution in [1.82, 2.24) is 0 Å². The first-order valence-electron chi connectivity index (χ1n) is 4.38. The van der Waals surface area contributed by atoms with Crippen molar-refractivity contribution in [3.05, 3.63) is 34.9 Å². The Morgan fingerprint density at radius 1 is 1.25 bits per heavy atom. The van der Waals surface area contributed by atoms with Crippen LogP contribution in [0, 0.1) is 0 Å². The molecule has 0 bridgehead atoms. The summed E-state index contributed by atoms with van der Waals surface area (Å²) >= 11 is 0. The molecule has 0 radical (unpaired) electrons. The highest BCUT2D eigenvalue weighted by Crippen LogP contribution is 2.11. The molecular formula is C11H14O. The lowest BCUT2D eigenvalue weighted by Crippen LogP contribution is -1.92. The van der Waals surface area contributed by atoms with E-state index in [2.05, 4.69) is 19.9 Å². The minimum atomic E-state index is 0.828. The van der Waals surface area contributed by atoms with Gasteiger partial charge in [-0.1, -0.05) is 32.0 Å². The van der Waals surface area contributed by atoms with E-state index in [-0.39, 0.29) is 0 Å². The van der Waals surface area contributed by atoms with E-state index < -0.39 is 0 Å². The number of hydrogen-bond acceptors (Lipinski definition) is 1. The molecule has 0 N–H and O–H groups in total. The van der Waals surface area contributed by atoms with Crippen LogP contribution in [0.5, 0.6) is 0 Å². The predicted molar refractivity (Wildman–Crippen MR) is 50.6 cm³/mol. The van der Waals surface area contributed by atoms with Gasteiger partial charge in [-0.25, -0.2) is 0 Å². The van der Waals surface area contributed by atoms with Crippen LogP contribution in [-0.4, -0.2) is 6.29 Å². The number of benzene rings is 1. The topological polar surface area (TPSA) is 17.1 Å². The summed E-state index contributed by atoms with van der Waals surface area (Å²) in [4.78, 5) is 10.6. The summed E-state index contributed by atoms with van der Waals surface area (Å²) < 4.78 is 0. The maximum atomic E-state index is 10.6. The number of aryl methyl sites for hydroxylation is 2. The molecule has 64 valence electrons. The fourth-order valence-electron chi connectivity index (χ4n) is 1.30. The van der Waals surface area contributed by atoms with Gasteiger partial charge in [0, 0.05) is 5.56 Å². The molecule has 0 saturated heterocycles. The van der Waals surface area contributed by atoms with Gasteiger partial charge < -0.3 is 0 Å². The Labute approximate surface area is 73.4 Å². The van der Waals surface area contributed by atoms with Gasteiger partial charge in [-0.2, -0.15) is 0 Å². The zero-order valence-corrected chi connectivity index (χ0v) is 7.63. The molecule has 0 unspecified atom stereocenters. The van der Waals surface area contributed by atoms with Gasteiger partial charge in [0.25, 0.3) is 0 Å². The van der Waals surface area contributed by atoms with Crippen molar-refractivity contribution in [3.63, 3.8) is 0 Å². The van der Waals surface area contributed by atoms with E-state index in [1.807, 2.05) is 12.1 Å². The molecule has 0 heterocycles. The Bertz CT molecular complexity index is 276. The third-order valence-electron chi connectivity index (χ3n) is 2.12. The van der Waals surface area contributed by atoms with E-state index in [9.17, 15) is 4.79 Å². The van der Waals surface area contributed by atoms with Crippen molar-refractivity contribution in [1.29, 1.82) is 0 Å². The number of carbonyl (C=O) groups excluding carboxylic acids is 1. The number of rotatable bonds is 3. The average molecular weight is 162 g/mol. The van der Waals surface area contributed by atoms with Crippen LogP contribution in [0.3, 0.4) is 0 Å². The van der Waals surface area contributed by atoms with Crippen LogP contribution in [0.1, 0.15) is 35.3 Å². The van der Waals surface area contributed by atoms with E-state index in [1.54, 1.807) is 0 Å². The smallest absolute Gasteiger partial charge is 0.150 e. The van der Waals surface area contributed by atoms with Crippen LogP contribution in [0.15, 0.2) is 18.2 Å². The molecule has 12 heavy (non-hydrogen) atoms. The fraction of sp³-hybridized carbons (Fsp3) is 0.364. The quantitative estimate of drug-likeness (QED) is 0.624. The molecule has 1 nitrogen and oxygen atoms in total. The lowest BCUT2D eigenvalue weighted by atomic mass is 10.0. The lowest BCUT2D eigenvalue weighted by Gasteiger charge is -2.03. The van der Waals surface area contributed by atoms with Crippen molar-refractivity contribution in [2.45, 2.75) is 26.7 Å². The molecule has 0 aliphatic heterocycles. The molecule has 0 aromatic heterocycles. The van der Waals surface area contributed by atoms with E-state index in [0.717, 1.165) is 30.3 Å². The van der Waals surface area contributed by atoms with Gasteiger partial charge in [0.1, 0.15) is 6.29 Å². The second-order valence-corrected chi connectivity index (χ2v) is 2.86. The first kappa shape index (κ1) is 8.98. The Balaban J connectivity index is 3.10. The van der Waals surface area contributed by atoms with Crippen molar-refractivity contribution < 1.29 is 4.79 Å². The highest BCUT2D eigenvalue weighted by molar-refractivity contribution is 5.77. The standard InChI is InChI=1S/C11H14O/c1-3-9-5-6-11(8-12)10(4-2)7-9/h5-8H,3-4H2,1-2H3. The third kappa shape index (κ3) is 1.73. The largest absolute Gasteiger partial charge is 0.298 e. The molecule has 0 aliphatic rings. The van der Waals surface area contributed by atoms with Crippen LogP contribution in [0.4, 0.5) is 0 Å². The molecule has 0 spiro atoms. The summed E-state index contributed by atoms with van der Waals surface area (Å²) in [6, 6.07) is 6.04. The van der Waals surface area contributed by atoms with E-state index in [1.165, 1.54) is 5.56 Å². The molecule has 0 amide bonds. The van der Waals surface area contributed by atoms with Gasteiger partial charge >= 0.3 is 0 Å². The monoisotopic (exact) mass is 162 g/mol. The molecule has 1 aromatic rings. The third-order valence-corrected chi connectivity index (χ3v) is 2.12.